The lowest BCUT2D eigenvalue weighted by Gasteiger charge is -2.29. The predicted octanol–water partition coefficient (Wildman–Crippen LogP) is 2.92. The average molecular weight is 445 g/mol. The Morgan fingerprint density at radius 2 is 2.03 bits per heavy atom. The van der Waals surface area contributed by atoms with Crippen LogP contribution in [-0.2, 0) is 9.53 Å². The van der Waals surface area contributed by atoms with Crippen LogP contribution in [0, 0.1) is 0 Å². The highest BCUT2D eigenvalue weighted by molar-refractivity contribution is 8.26. The molecule has 1 amide bonds. The van der Waals surface area contributed by atoms with E-state index in [2.05, 4.69) is 4.90 Å². The molecule has 2 aromatic heterocycles. The summed E-state index contributed by atoms with van der Waals surface area (Å²) < 4.78 is 7.11. The van der Waals surface area contributed by atoms with Crippen molar-refractivity contribution >= 4 is 51.7 Å². The number of pyridine rings is 1. The highest BCUT2D eigenvalue weighted by atomic mass is 32.2. The van der Waals surface area contributed by atoms with Gasteiger partial charge in [-0.05, 0) is 43.9 Å². The molecule has 0 saturated carbocycles. The van der Waals surface area contributed by atoms with Crippen LogP contribution in [0.25, 0.3) is 11.7 Å². The van der Waals surface area contributed by atoms with Gasteiger partial charge in [-0.25, -0.2) is 4.98 Å². The van der Waals surface area contributed by atoms with Gasteiger partial charge in [0.1, 0.15) is 15.8 Å². The molecule has 2 saturated heterocycles. The SMILES string of the molecule is COCCCN1C(=O)/C(=C/c2c(N3CCCCC3)nc3ccccn3c2=O)SC1=S. The van der Waals surface area contributed by atoms with E-state index in [1.54, 1.807) is 30.3 Å². The van der Waals surface area contributed by atoms with Crippen molar-refractivity contribution in [2.75, 3.05) is 38.3 Å². The molecule has 2 fully saturated rings. The van der Waals surface area contributed by atoms with Crippen LogP contribution in [-0.4, -0.2) is 57.9 Å². The number of hydrogen-bond acceptors (Lipinski definition) is 7. The Balaban J connectivity index is 1.76. The van der Waals surface area contributed by atoms with Gasteiger partial charge in [0.05, 0.1) is 10.5 Å². The number of thiocarbonyl (C=S) groups is 1. The topological polar surface area (TPSA) is 67.2 Å². The third kappa shape index (κ3) is 4.14. The van der Waals surface area contributed by atoms with Gasteiger partial charge in [0.25, 0.3) is 11.5 Å². The Kier molecular flexibility index (Phi) is 6.50. The van der Waals surface area contributed by atoms with Gasteiger partial charge in [-0.2, -0.15) is 0 Å². The third-order valence-electron chi connectivity index (χ3n) is 5.28. The lowest BCUT2D eigenvalue weighted by atomic mass is 10.1. The standard InChI is InChI=1S/C21H24N4O3S2/c1-28-13-7-12-25-20(27)16(30-21(25)29)14-15-18(23-9-4-2-5-10-23)22-17-8-3-6-11-24(17)19(15)26/h3,6,8,11,14H,2,4-5,7,9-10,12-13H2,1H3/b16-14-. The van der Waals surface area contributed by atoms with E-state index in [-0.39, 0.29) is 11.5 Å². The summed E-state index contributed by atoms with van der Waals surface area (Å²) >= 11 is 6.64. The van der Waals surface area contributed by atoms with Crippen molar-refractivity contribution in [3.8, 4) is 0 Å². The molecule has 4 rings (SSSR count). The molecule has 9 heteroatoms. The molecule has 0 spiro atoms. The zero-order valence-electron chi connectivity index (χ0n) is 16.9. The Bertz CT molecular complexity index is 1060. The summed E-state index contributed by atoms with van der Waals surface area (Å²) in [6.45, 7) is 2.78. The van der Waals surface area contributed by atoms with Gasteiger partial charge in [-0.15, -0.1) is 0 Å². The van der Waals surface area contributed by atoms with Crippen molar-refractivity contribution < 1.29 is 9.53 Å². The van der Waals surface area contributed by atoms with Crippen LogP contribution in [0.1, 0.15) is 31.2 Å². The largest absolute Gasteiger partial charge is 0.385 e. The first-order chi connectivity index (χ1) is 14.6. The van der Waals surface area contributed by atoms with Crippen LogP contribution in [0.15, 0.2) is 34.1 Å². The summed E-state index contributed by atoms with van der Waals surface area (Å²) in [6.07, 6.45) is 7.40. The van der Waals surface area contributed by atoms with E-state index >= 15 is 0 Å². The fourth-order valence-corrected chi connectivity index (χ4v) is 5.05. The molecule has 0 unspecified atom stereocenters. The van der Waals surface area contributed by atoms with Gasteiger partial charge in [-0.1, -0.05) is 30.0 Å². The molecule has 0 aliphatic carbocycles. The van der Waals surface area contributed by atoms with E-state index in [1.807, 2.05) is 12.1 Å². The zero-order chi connectivity index (χ0) is 21.1. The molecule has 158 valence electrons. The quantitative estimate of drug-likeness (QED) is 0.386. The maximum absolute atomic E-state index is 13.3. The van der Waals surface area contributed by atoms with E-state index in [0.29, 0.717) is 45.8 Å². The monoisotopic (exact) mass is 444 g/mol. The number of amides is 1. The van der Waals surface area contributed by atoms with Crippen LogP contribution in [0.2, 0.25) is 0 Å². The highest BCUT2D eigenvalue weighted by Crippen LogP contribution is 2.34. The van der Waals surface area contributed by atoms with Crippen LogP contribution in [0.5, 0.6) is 0 Å². The summed E-state index contributed by atoms with van der Waals surface area (Å²) in [7, 11) is 1.63. The van der Waals surface area contributed by atoms with Crippen molar-refractivity contribution in [2.45, 2.75) is 25.7 Å². The number of methoxy groups -OCH3 is 1. The molecule has 2 aliphatic heterocycles. The second-order valence-electron chi connectivity index (χ2n) is 7.31. The fraction of sp³-hybridized carbons (Fsp3) is 0.429. The summed E-state index contributed by atoms with van der Waals surface area (Å²) in [5.41, 5.74) is 0.871. The molecule has 0 atom stereocenters. The van der Waals surface area contributed by atoms with E-state index in [0.717, 1.165) is 25.9 Å². The fourth-order valence-electron chi connectivity index (χ4n) is 3.75. The first-order valence-corrected chi connectivity index (χ1v) is 11.3. The van der Waals surface area contributed by atoms with Crippen molar-refractivity contribution in [2.24, 2.45) is 0 Å². The zero-order valence-corrected chi connectivity index (χ0v) is 18.5. The smallest absolute Gasteiger partial charge is 0.267 e. The molecule has 2 aromatic rings. The van der Waals surface area contributed by atoms with Gasteiger partial charge in [0.15, 0.2) is 0 Å². The van der Waals surface area contributed by atoms with Gasteiger partial charge in [0.2, 0.25) is 0 Å². The van der Waals surface area contributed by atoms with E-state index < -0.39 is 0 Å². The average Bonchev–Trinajstić information content (AvgIpc) is 3.03. The van der Waals surface area contributed by atoms with Gasteiger partial charge >= 0.3 is 0 Å². The van der Waals surface area contributed by atoms with Gasteiger partial charge in [0, 0.05) is 39.5 Å². The Hall–Kier alpha value is -2.23. The van der Waals surface area contributed by atoms with Crippen LogP contribution < -0.4 is 10.5 Å². The predicted molar refractivity (Wildman–Crippen MR) is 124 cm³/mol. The lowest BCUT2D eigenvalue weighted by molar-refractivity contribution is -0.122. The number of fused-ring (bicyclic) bond motifs is 1. The number of nitrogens with zero attached hydrogens (tertiary/aromatic N) is 4. The number of rotatable bonds is 6. The Morgan fingerprint density at radius 1 is 1.23 bits per heavy atom. The second-order valence-corrected chi connectivity index (χ2v) is 8.99. The first-order valence-electron chi connectivity index (χ1n) is 10.1. The molecular weight excluding hydrogens is 420 g/mol. The molecule has 4 heterocycles. The summed E-state index contributed by atoms with van der Waals surface area (Å²) in [4.78, 5) is 35.3. The first kappa shape index (κ1) is 21.0. The molecule has 0 bridgehead atoms. The molecule has 0 N–H and O–H groups in total. The normalized spacial score (nSPS) is 18.8. The van der Waals surface area contributed by atoms with Crippen molar-refractivity contribution in [1.29, 1.82) is 0 Å². The minimum absolute atomic E-state index is 0.164. The molecular formula is C21H24N4O3S2. The van der Waals surface area contributed by atoms with Gasteiger partial charge < -0.3 is 9.64 Å². The van der Waals surface area contributed by atoms with Crippen molar-refractivity contribution in [3.63, 3.8) is 0 Å². The summed E-state index contributed by atoms with van der Waals surface area (Å²) in [6, 6.07) is 5.50. The van der Waals surface area contributed by atoms with Crippen LogP contribution in [0.4, 0.5) is 5.82 Å². The molecule has 30 heavy (non-hydrogen) atoms. The number of hydrogen-bond donors (Lipinski definition) is 0. The van der Waals surface area contributed by atoms with E-state index in [4.69, 9.17) is 21.9 Å². The maximum atomic E-state index is 13.3. The van der Waals surface area contributed by atoms with Crippen molar-refractivity contribution in [3.05, 3.63) is 45.2 Å². The Morgan fingerprint density at radius 3 is 2.80 bits per heavy atom. The van der Waals surface area contributed by atoms with E-state index in [1.165, 1.54) is 22.6 Å². The number of aromatic nitrogens is 2. The van der Waals surface area contributed by atoms with Gasteiger partial charge in [-0.3, -0.25) is 18.9 Å². The minimum Gasteiger partial charge on any atom is -0.385 e. The number of anilines is 1. The van der Waals surface area contributed by atoms with Crippen molar-refractivity contribution in [1.82, 2.24) is 14.3 Å². The van der Waals surface area contributed by atoms with E-state index in [9.17, 15) is 9.59 Å². The third-order valence-corrected chi connectivity index (χ3v) is 6.66. The maximum Gasteiger partial charge on any atom is 0.267 e. The number of ether oxygens (including phenoxy) is 1. The molecule has 7 nitrogen and oxygen atoms in total. The number of piperidine rings is 1. The molecule has 0 radical (unpaired) electrons. The summed E-state index contributed by atoms with van der Waals surface area (Å²) in [5, 5.41) is 0. The molecule has 2 aliphatic rings. The highest BCUT2D eigenvalue weighted by Gasteiger charge is 2.32. The molecule has 0 aromatic carbocycles. The summed E-state index contributed by atoms with van der Waals surface area (Å²) in [5.74, 6) is 0.485. The number of carbonyl (C=O) groups excluding carboxylic acids is 1. The number of carbonyl (C=O) groups is 1. The lowest BCUT2D eigenvalue weighted by Crippen LogP contribution is -2.33. The Labute approximate surface area is 184 Å². The minimum atomic E-state index is -0.175. The number of thioether (sulfide) groups is 1. The van der Waals surface area contributed by atoms with Crippen LogP contribution in [0.3, 0.4) is 0 Å². The van der Waals surface area contributed by atoms with Crippen LogP contribution >= 0.6 is 24.0 Å². The second kappa shape index (κ2) is 9.28.